The number of amides is 1. The number of fused-ring (bicyclic) bond motifs is 6. The highest BCUT2D eigenvalue weighted by Gasteiger charge is 2.70. The molecule has 4 aromatic rings. The minimum absolute atomic E-state index is 0.102. The summed E-state index contributed by atoms with van der Waals surface area (Å²) in [5.74, 6) is -2.31. The van der Waals surface area contributed by atoms with Crippen LogP contribution in [0.5, 0.6) is 0 Å². The summed E-state index contributed by atoms with van der Waals surface area (Å²) in [6.45, 7) is 0. The molecule has 3 heterocycles. The van der Waals surface area contributed by atoms with Crippen LogP contribution in [0.1, 0.15) is 43.4 Å². The topological polar surface area (TPSA) is 110 Å². The molecule has 4 aromatic carbocycles. The van der Waals surface area contributed by atoms with Gasteiger partial charge in [-0.15, -0.1) is 0 Å². The van der Waals surface area contributed by atoms with Gasteiger partial charge in [-0.2, -0.15) is 0 Å². The van der Waals surface area contributed by atoms with Crippen molar-refractivity contribution in [2.24, 2.45) is 5.92 Å². The van der Waals surface area contributed by atoms with Crippen molar-refractivity contribution in [2.45, 2.75) is 17.5 Å². The number of Topliss-reactive ketones (excluding diaryl/α,β-unsaturated/α-hetero) is 2. The summed E-state index contributed by atoms with van der Waals surface area (Å²) >= 11 is 0. The van der Waals surface area contributed by atoms with E-state index in [0.29, 0.717) is 16.8 Å². The van der Waals surface area contributed by atoms with Gasteiger partial charge < -0.3 is 10.2 Å². The minimum atomic E-state index is -1.45. The zero-order chi connectivity index (χ0) is 28.3. The molecule has 0 aliphatic carbocycles. The molecular formula is C33H23N3O5. The molecule has 1 N–H and O–H groups in total. The summed E-state index contributed by atoms with van der Waals surface area (Å²) in [4.78, 5) is 56.4. The van der Waals surface area contributed by atoms with Gasteiger partial charge in [-0.25, -0.2) is 0 Å². The standard InChI is InChI=1S/C33H23N3O5/c37-29(21-10-2-1-3-11-21)27-28(30(38)22-12-8-13-23(19-22)36(40)41)35-18-17-20-9-4-5-14-24(20)31(35)33(27)25-15-6-7-16-26(25)34-32(33)39/h1-19,27-28,31H,(H,34,39)/t27-,28+,31+,33-/m1/s1. The molecule has 8 heteroatoms. The van der Waals surface area contributed by atoms with Gasteiger partial charge in [0, 0.05) is 35.1 Å². The van der Waals surface area contributed by atoms with Crippen LogP contribution < -0.4 is 5.32 Å². The van der Waals surface area contributed by atoms with Gasteiger partial charge in [-0.05, 0) is 28.8 Å². The largest absolute Gasteiger partial charge is 0.358 e. The smallest absolute Gasteiger partial charge is 0.270 e. The van der Waals surface area contributed by atoms with E-state index in [1.54, 1.807) is 42.6 Å². The Morgan fingerprint density at radius 3 is 2.34 bits per heavy atom. The number of nitro benzene ring substituents is 1. The van der Waals surface area contributed by atoms with Crippen LogP contribution in [0.15, 0.2) is 109 Å². The fourth-order valence-electron chi connectivity index (χ4n) is 6.89. The van der Waals surface area contributed by atoms with Crippen molar-refractivity contribution in [1.29, 1.82) is 0 Å². The molecule has 1 spiro atoms. The molecule has 8 nitrogen and oxygen atoms in total. The van der Waals surface area contributed by atoms with E-state index in [0.717, 1.165) is 11.1 Å². The number of hydrogen-bond donors (Lipinski definition) is 1. The number of nitrogens with zero attached hydrogens (tertiary/aromatic N) is 2. The van der Waals surface area contributed by atoms with Crippen LogP contribution in [0.2, 0.25) is 0 Å². The number of rotatable bonds is 5. The van der Waals surface area contributed by atoms with Gasteiger partial charge >= 0.3 is 0 Å². The van der Waals surface area contributed by atoms with Crippen LogP contribution in [0.3, 0.4) is 0 Å². The predicted molar refractivity (Wildman–Crippen MR) is 152 cm³/mol. The van der Waals surface area contributed by atoms with Crippen molar-refractivity contribution in [3.05, 3.63) is 147 Å². The quantitative estimate of drug-likeness (QED) is 0.201. The van der Waals surface area contributed by atoms with E-state index in [4.69, 9.17) is 0 Å². The van der Waals surface area contributed by atoms with Crippen molar-refractivity contribution in [1.82, 2.24) is 4.90 Å². The molecule has 1 saturated heterocycles. The van der Waals surface area contributed by atoms with Gasteiger partial charge in [0.05, 0.1) is 16.9 Å². The maximum Gasteiger partial charge on any atom is 0.270 e. The van der Waals surface area contributed by atoms with E-state index >= 15 is 0 Å². The summed E-state index contributed by atoms with van der Waals surface area (Å²) in [5, 5.41) is 14.6. The highest BCUT2D eigenvalue weighted by Crippen LogP contribution is 2.62. The van der Waals surface area contributed by atoms with Crippen molar-refractivity contribution in [2.75, 3.05) is 5.32 Å². The number of nitro groups is 1. The summed E-state index contributed by atoms with van der Waals surface area (Å²) in [5.41, 5.74) is 1.75. The lowest BCUT2D eigenvalue weighted by Gasteiger charge is -2.38. The second kappa shape index (κ2) is 9.09. The summed E-state index contributed by atoms with van der Waals surface area (Å²) in [6.07, 6.45) is 3.66. The van der Waals surface area contributed by atoms with Crippen LogP contribution in [0.25, 0.3) is 6.08 Å². The lowest BCUT2D eigenvalue weighted by molar-refractivity contribution is -0.384. The second-order valence-electron chi connectivity index (χ2n) is 10.5. The number of ketones is 2. The van der Waals surface area contributed by atoms with E-state index in [-0.39, 0.29) is 22.9 Å². The third-order valence-corrected chi connectivity index (χ3v) is 8.52. The van der Waals surface area contributed by atoms with Crippen LogP contribution in [-0.4, -0.2) is 33.3 Å². The van der Waals surface area contributed by atoms with Crippen LogP contribution >= 0.6 is 0 Å². The molecule has 7 rings (SSSR count). The number of nitrogens with one attached hydrogen (secondary N) is 1. The first-order valence-electron chi connectivity index (χ1n) is 13.3. The Hall–Kier alpha value is -5.37. The highest BCUT2D eigenvalue weighted by atomic mass is 16.6. The Bertz CT molecular complexity index is 1800. The number of carbonyl (C=O) groups is 3. The number of carbonyl (C=O) groups excluding carboxylic acids is 3. The van der Waals surface area contributed by atoms with Gasteiger partial charge in [0.25, 0.3) is 5.69 Å². The zero-order valence-corrected chi connectivity index (χ0v) is 21.6. The Labute approximate surface area is 235 Å². The lowest BCUT2D eigenvalue weighted by atomic mass is 9.62. The maximum atomic E-state index is 14.6. The number of anilines is 1. The Kier molecular flexibility index (Phi) is 5.47. The fraction of sp³-hybridized carbons (Fsp3) is 0.121. The monoisotopic (exact) mass is 541 g/mol. The first kappa shape index (κ1) is 24.7. The molecule has 0 saturated carbocycles. The number of benzene rings is 4. The van der Waals surface area contributed by atoms with Crippen molar-refractivity contribution in [3.63, 3.8) is 0 Å². The molecule has 3 aliphatic heterocycles. The normalized spacial score (nSPS) is 23.5. The average Bonchev–Trinajstić information content (AvgIpc) is 3.49. The summed E-state index contributed by atoms with van der Waals surface area (Å²) < 4.78 is 0. The van der Waals surface area contributed by atoms with E-state index < -0.39 is 34.1 Å². The SMILES string of the molecule is O=C(c1cccc([N+](=O)[O-])c1)[C@@H]1[C@H](C(=O)c2ccccc2)[C@@]2(C(=O)Nc3ccccc32)[C@@H]2c3ccccc3C=CN12. The van der Waals surface area contributed by atoms with E-state index in [1.807, 2.05) is 53.4 Å². The second-order valence-corrected chi connectivity index (χ2v) is 10.5. The lowest BCUT2D eigenvalue weighted by Crippen LogP contribution is -2.49. The first-order valence-corrected chi connectivity index (χ1v) is 13.3. The average molecular weight is 542 g/mol. The third kappa shape index (κ3) is 3.43. The molecule has 0 radical (unpaired) electrons. The summed E-state index contributed by atoms with van der Waals surface area (Å²) in [6, 6.07) is 27.3. The molecule has 4 atom stereocenters. The van der Waals surface area contributed by atoms with Crippen LogP contribution in [0.4, 0.5) is 11.4 Å². The number of hydrogen-bond acceptors (Lipinski definition) is 6. The zero-order valence-electron chi connectivity index (χ0n) is 21.6. The predicted octanol–water partition coefficient (Wildman–Crippen LogP) is 5.58. The first-order chi connectivity index (χ1) is 19.9. The van der Waals surface area contributed by atoms with Gasteiger partial charge in [0.1, 0.15) is 11.5 Å². The van der Waals surface area contributed by atoms with E-state index in [2.05, 4.69) is 5.32 Å². The number of non-ortho nitro benzene ring substituents is 1. The Balaban J connectivity index is 1.53. The Morgan fingerprint density at radius 2 is 1.54 bits per heavy atom. The van der Waals surface area contributed by atoms with Gasteiger partial charge in [-0.1, -0.05) is 84.9 Å². The van der Waals surface area contributed by atoms with Crippen molar-refractivity contribution in [3.8, 4) is 0 Å². The fourth-order valence-corrected chi connectivity index (χ4v) is 6.89. The third-order valence-electron chi connectivity index (χ3n) is 8.52. The van der Waals surface area contributed by atoms with E-state index in [1.165, 1.54) is 24.3 Å². The van der Waals surface area contributed by atoms with Crippen LogP contribution in [-0.2, 0) is 10.2 Å². The van der Waals surface area contributed by atoms with Crippen molar-refractivity contribution < 1.29 is 19.3 Å². The molecule has 0 unspecified atom stereocenters. The molecule has 0 bridgehead atoms. The van der Waals surface area contributed by atoms with Gasteiger partial charge in [-0.3, -0.25) is 24.5 Å². The highest BCUT2D eigenvalue weighted by molar-refractivity contribution is 6.16. The van der Waals surface area contributed by atoms with E-state index in [9.17, 15) is 24.5 Å². The van der Waals surface area contributed by atoms with Gasteiger partial charge in [0.15, 0.2) is 11.6 Å². The molecule has 0 aromatic heterocycles. The van der Waals surface area contributed by atoms with Crippen molar-refractivity contribution >= 4 is 34.9 Å². The molecular weight excluding hydrogens is 518 g/mol. The molecule has 200 valence electrons. The molecule has 1 amide bonds. The number of para-hydroxylation sites is 1. The molecule has 3 aliphatic rings. The van der Waals surface area contributed by atoms with Gasteiger partial charge in [0.2, 0.25) is 5.91 Å². The minimum Gasteiger partial charge on any atom is -0.358 e. The Morgan fingerprint density at radius 1 is 0.829 bits per heavy atom. The maximum absolute atomic E-state index is 14.6. The molecule has 41 heavy (non-hydrogen) atoms. The van der Waals surface area contributed by atoms with Crippen LogP contribution in [0, 0.1) is 16.0 Å². The summed E-state index contributed by atoms with van der Waals surface area (Å²) in [7, 11) is 0. The molecule has 1 fully saturated rings.